The van der Waals surface area contributed by atoms with E-state index in [0.29, 0.717) is 23.7 Å². The molecule has 8 heteroatoms. The lowest BCUT2D eigenvalue weighted by molar-refractivity contribution is -0.138. The molecular formula is C12H22O4S4. The van der Waals surface area contributed by atoms with Gasteiger partial charge in [0.25, 0.3) is 0 Å². The minimum absolute atomic E-state index is 0. The summed E-state index contributed by atoms with van der Waals surface area (Å²) in [5, 5.41) is 0. The third-order valence-corrected chi connectivity index (χ3v) is 5.49. The highest BCUT2D eigenvalue weighted by atomic mass is 32.2. The van der Waals surface area contributed by atoms with Crippen LogP contribution in [0, 0.1) is 0 Å². The van der Waals surface area contributed by atoms with E-state index >= 15 is 0 Å². The van der Waals surface area contributed by atoms with Crippen LogP contribution in [0.5, 0.6) is 0 Å². The SMILES string of the molecule is C.C=C(C)C(=O)OCCSC(=S)SCCCS(=O)OC. The zero-order chi connectivity index (χ0) is 14.7. The quantitative estimate of drug-likeness (QED) is 0.271. The molecule has 1 atom stereocenters. The molecular weight excluding hydrogens is 336 g/mol. The fourth-order valence-electron chi connectivity index (χ4n) is 0.840. The molecule has 20 heavy (non-hydrogen) atoms. The van der Waals surface area contributed by atoms with E-state index < -0.39 is 11.1 Å². The molecule has 0 aliphatic rings. The molecule has 1 unspecified atom stereocenters. The average Bonchev–Trinajstić information content (AvgIpc) is 2.38. The van der Waals surface area contributed by atoms with Gasteiger partial charge in [-0.3, -0.25) is 4.18 Å². The second-order valence-corrected chi connectivity index (χ2v) is 8.13. The average molecular weight is 359 g/mol. The van der Waals surface area contributed by atoms with Crippen LogP contribution in [0.2, 0.25) is 0 Å². The monoisotopic (exact) mass is 358 g/mol. The first-order valence-corrected chi connectivity index (χ1v) is 9.14. The van der Waals surface area contributed by atoms with Crippen molar-refractivity contribution >= 4 is 56.3 Å². The Hall–Kier alpha value is 0.110. The summed E-state index contributed by atoms with van der Waals surface area (Å²) >= 11 is 6.98. The summed E-state index contributed by atoms with van der Waals surface area (Å²) in [5.41, 5.74) is 0.396. The molecule has 4 nitrogen and oxygen atoms in total. The fraction of sp³-hybridized carbons (Fsp3) is 0.667. The van der Waals surface area contributed by atoms with Crippen molar-refractivity contribution in [2.24, 2.45) is 0 Å². The van der Waals surface area contributed by atoms with Crippen molar-refractivity contribution in [1.82, 2.24) is 0 Å². The van der Waals surface area contributed by atoms with E-state index in [0.717, 1.165) is 15.7 Å². The molecule has 0 aromatic heterocycles. The van der Waals surface area contributed by atoms with Gasteiger partial charge < -0.3 is 4.74 Å². The summed E-state index contributed by atoms with van der Waals surface area (Å²) in [4.78, 5) is 11.1. The smallest absolute Gasteiger partial charge is 0.333 e. The van der Waals surface area contributed by atoms with E-state index in [4.69, 9.17) is 17.0 Å². The van der Waals surface area contributed by atoms with Crippen LogP contribution in [0.4, 0.5) is 0 Å². The molecule has 0 saturated heterocycles. The molecule has 0 saturated carbocycles. The number of esters is 1. The van der Waals surface area contributed by atoms with E-state index in [1.54, 1.807) is 18.7 Å². The first kappa shape index (κ1) is 22.4. The highest BCUT2D eigenvalue weighted by Crippen LogP contribution is 2.18. The molecule has 0 aliphatic carbocycles. The van der Waals surface area contributed by atoms with Crippen molar-refractivity contribution in [2.45, 2.75) is 20.8 Å². The predicted molar refractivity (Wildman–Crippen MR) is 94.7 cm³/mol. The lowest BCUT2D eigenvalue weighted by Crippen LogP contribution is -2.08. The van der Waals surface area contributed by atoms with Gasteiger partial charge in [-0.25, -0.2) is 9.00 Å². The van der Waals surface area contributed by atoms with Gasteiger partial charge in [-0.1, -0.05) is 26.2 Å². The van der Waals surface area contributed by atoms with Crippen molar-refractivity contribution in [2.75, 3.05) is 31.0 Å². The number of rotatable bonds is 9. The Labute approximate surface area is 138 Å². The van der Waals surface area contributed by atoms with E-state index in [9.17, 15) is 9.00 Å². The molecule has 0 aliphatic heterocycles. The normalized spacial score (nSPS) is 11.3. The lowest BCUT2D eigenvalue weighted by atomic mass is 10.4. The highest BCUT2D eigenvalue weighted by Gasteiger charge is 2.04. The van der Waals surface area contributed by atoms with Gasteiger partial charge >= 0.3 is 5.97 Å². The van der Waals surface area contributed by atoms with Crippen molar-refractivity contribution in [3.05, 3.63) is 12.2 Å². The lowest BCUT2D eigenvalue weighted by Gasteiger charge is -2.05. The van der Waals surface area contributed by atoms with Gasteiger partial charge in [0.05, 0.1) is 12.9 Å². The molecule has 0 spiro atoms. The molecule has 0 aromatic rings. The summed E-state index contributed by atoms with van der Waals surface area (Å²) in [6.07, 6.45) is 0.788. The maximum Gasteiger partial charge on any atom is 0.333 e. The molecule has 0 rings (SSSR count). The number of hydrogen-bond donors (Lipinski definition) is 0. The van der Waals surface area contributed by atoms with Crippen molar-refractivity contribution in [3.8, 4) is 0 Å². The summed E-state index contributed by atoms with van der Waals surface area (Å²) in [5.74, 6) is 1.59. The molecule has 0 heterocycles. The van der Waals surface area contributed by atoms with Crippen LogP contribution in [0.25, 0.3) is 0 Å². The van der Waals surface area contributed by atoms with Gasteiger partial charge in [-0.2, -0.15) is 0 Å². The second kappa shape index (κ2) is 14.1. The van der Waals surface area contributed by atoms with Crippen LogP contribution in [-0.2, 0) is 24.8 Å². The molecule has 0 radical (unpaired) electrons. The van der Waals surface area contributed by atoms with Gasteiger partial charge in [0.1, 0.15) is 10.1 Å². The zero-order valence-corrected chi connectivity index (χ0v) is 14.3. The Kier molecular flexibility index (Phi) is 15.7. The van der Waals surface area contributed by atoms with Crippen LogP contribution < -0.4 is 0 Å². The highest BCUT2D eigenvalue weighted by molar-refractivity contribution is 8.47. The van der Waals surface area contributed by atoms with Crippen LogP contribution in [0.15, 0.2) is 12.2 Å². The van der Waals surface area contributed by atoms with Gasteiger partial charge in [0, 0.05) is 17.1 Å². The van der Waals surface area contributed by atoms with Gasteiger partial charge in [-0.05, 0) is 13.3 Å². The van der Waals surface area contributed by atoms with Gasteiger partial charge in [0.15, 0.2) is 11.1 Å². The summed E-state index contributed by atoms with van der Waals surface area (Å²) < 4.78 is 21.4. The maximum atomic E-state index is 11.1. The number of hydrogen-bond acceptors (Lipinski definition) is 7. The first-order valence-electron chi connectivity index (χ1n) is 5.52. The van der Waals surface area contributed by atoms with Crippen LogP contribution in [0.1, 0.15) is 20.8 Å². The number of carbonyl (C=O) groups is 1. The van der Waals surface area contributed by atoms with Crippen LogP contribution in [0.3, 0.4) is 0 Å². The molecule has 0 amide bonds. The van der Waals surface area contributed by atoms with Crippen molar-refractivity contribution in [3.63, 3.8) is 0 Å². The summed E-state index contributed by atoms with van der Waals surface area (Å²) in [7, 11) is 1.43. The van der Waals surface area contributed by atoms with Crippen LogP contribution >= 0.6 is 35.7 Å². The minimum atomic E-state index is -1.19. The Morgan fingerprint density at radius 2 is 1.95 bits per heavy atom. The van der Waals surface area contributed by atoms with Crippen molar-refractivity contribution < 1.29 is 17.9 Å². The maximum absolute atomic E-state index is 11.1. The molecule has 0 fully saturated rings. The third-order valence-electron chi connectivity index (χ3n) is 1.75. The Balaban J connectivity index is 0. The summed E-state index contributed by atoms with van der Waals surface area (Å²) in [6, 6.07) is 0. The van der Waals surface area contributed by atoms with E-state index in [-0.39, 0.29) is 13.4 Å². The van der Waals surface area contributed by atoms with Gasteiger partial charge in [0.2, 0.25) is 0 Å². The van der Waals surface area contributed by atoms with Gasteiger partial charge in [-0.15, -0.1) is 23.5 Å². The standard InChI is InChI=1S/C11H18O4S4.CH4/c1-9(2)10(12)15-5-7-18-11(16)17-6-4-8-19(13)14-3;/h1,4-8H2,2-3H3;1H4. The number of thiocarbonyl (C=S) groups is 1. The zero-order valence-electron chi connectivity index (χ0n) is 11.0. The number of thioether (sulfide) groups is 2. The fourth-order valence-corrected chi connectivity index (χ4v) is 3.69. The van der Waals surface area contributed by atoms with E-state index in [2.05, 4.69) is 10.8 Å². The second-order valence-electron chi connectivity index (χ2n) is 3.39. The Morgan fingerprint density at radius 1 is 1.35 bits per heavy atom. The number of carbonyl (C=O) groups excluding carboxylic acids is 1. The minimum Gasteiger partial charge on any atom is -0.461 e. The molecule has 0 aromatic carbocycles. The topological polar surface area (TPSA) is 52.6 Å². The van der Waals surface area contributed by atoms with E-state index in [1.807, 2.05) is 0 Å². The van der Waals surface area contributed by atoms with Crippen LogP contribution in [-0.4, -0.2) is 44.7 Å². The van der Waals surface area contributed by atoms with Crippen molar-refractivity contribution in [1.29, 1.82) is 0 Å². The number of ether oxygens (including phenoxy) is 1. The molecule has 118 valence electrons. The first-order chi connectivity index (χ1) is 8.97. The van der Waals surface area contributed by atoms with E-state index in [1.165, 1.54) is 18.9 Å². The molecule has 0 N–H and O–H groups in total. The molecule has 0 bridgehead atoms. The summed E-state index contributed by atoms with van der Waals surface area (Å²) in [6.45, 7) is 5.43. The third kappa shape index (κ3) is 13.1. The predicted octanol–water partition coefficient (Wildman–Crippen LogP) is 3.19. The Bertz CT molecular complexity index is 344. The Morgan fingerprint density at radius 3 is 2.50 bits per heavy atom. The largest absolute Gasteiger partial charge is 0.461 e.